The van der Waals surface area contributed by atoms with E-state index < -0.39 is 0 Å². The van der Waals surface area contributed by atoms with Crippen molar-refractivity contribution in [3.05, 3.63) is 145 Å². The highest BCUT2D eigenvalue weighted by Crippen LogP contribution is 2.55. The first-order chi connectivity index (χ1) is 20.6. The molecular weight excluding hydrogens is 508 g/mol. The van der Waals surface area contributed by atoms with Gasteiger partial charge in [-0.05, 0) is 96.6 Å². The van der Waals surface area contributed by atoms with Gasteiger partial charge in [-0.1, -0.05) is 117 Å². The number of rotatable bonds is 2. The molecule has 0 spiro atoms. The molecule has 1 heteroatoms. The molecule has 9 rings (SSSR count). The highest BCUT2D eigenvalue weighted by Gasteiger charge is 2.38. The molecule has 1 aliphatic heterocycles. The van der Waals surface area contributed by atoms with Gasteiger partial charge in [-0.2, -0.15) is 0 Å². The molecule has 7 aromatic carbocycles. The fourth-order valence-corrected chi connectivity index (χ4v) is 7.47. The molecule has 0 fully saturated rings. The molecule has 0 bridgehead atoms. The van der Waals surface area contributed by atoms with Crippen LogP contribution in [0.5, 0.6) is 11.5 Å². The van der Waals surface area contributed by atoms with Crippen molar-refractivity contribution in [1.29, 1.82) is 0 Å². The van der Waals surface area contributed by atoms with Gasteiger partial charge in [0, 0.05) is 16.4 Å². The highest BCUT2D eigenvalue weighted by atomic mass is 16.5. The van der Waals surface area contributed by atoms with E-state index in [4.69, 9.17) is 4.74 Å². The van der Waals surface area contributed by atoms with Crippen LogP contribution in [0.1, 0.15) is 25.0 Å². The first-order valence-corrected chi connectivity index (χ1v) is 14.7. The monoisotopic (exact) mass is 536 g/mol. The van der Waals surface area contributed by atoms with Gasteiger partial charge in [0.25, 0.3) is 0 Å². The first kappa shape index (κ1) is 23.6. The Hall–Kier alpha value is -5.14. The second-order valence-electron chi connectivity index (χ2n) is 12.1. The molecular formula is C41H28O. The van der Waals surface area contributed by atoms with Crippen LogP contribution in [-0.4, -0.2) is 0 Å². The summed E-state index contributed by atoms with van der Waals surface area (Å²) in [7, 11) is 0. The fraction of sp³-hybridized carbons (Fsp3) is 0.0732. The molecule has 0 radical (unpaired) electrons. The molecule has 0 N–H and O–H groups in total. The summed E-state index contributed by atoms with van der Waals surface area (Å²) in [5.74, 6) is 1.84. The molecule has 7 aromatic rings. The summed E-state index contributed by atoms with van der Waals surface area (Å²) in [4.78, 5) is 0. The van der Waals surface area contributed by atoms with Crippen LogP contribution in [0.2, 0.25) is 0 Å². The van der Waals surface area contributed by atoms with Gasteiger partial charge in [0.15, 0.2) is 0 Å². The molecule has 1 heterocycles. The standard InChI is InChI=1S/C41H28O/c1-41(2)35-16-7-6-14-31(35)39-32(25-10-4-3-5-11-25)24-29-19-18-27(22-33(29)40(39)41)28-20-21-36-34(23-28)30-15-8-12-26-13-9-17-37(42-36)38(26)30/h3-24H,1-2H3. The van der Waals surface area contributed by atoms with Crippen LogP contribution in [0.25, 0.3) is 66.1 Å². The highest BCUT2D eigenvalue weighted by molar-refractivity contribution is 6.07. The Balaban J connectivity index is 1.28. The number of ether oxygens (including phenoxy) is 1. The fourth-order valence-electron chi connectivity index (χ4n) is 7.47. The van der Waals surface area contributed by atoms with Gasteiger partial charge in [0.1, 0.15) is 11.5 Å². The zero-order valence-corrected chi connectivity index (χ0v) is 23.6. The molecule has 2 aliphatic rings. The van der Waals surface area contributed by atoms with Crippen molar-refractivity contribution in [3.63, 3.8) is 0 Å². The van der Waals surface area contributed by atoms with E-state index in [0.717, 1.165) is 17.1 Å². The largest absolute Gasteiger partial charge is 0.456 e. The minimum Gasteiger partial charge on any atom is -0.456 e. The lowest BCUT2D eigenvalue weighted by Crippen LogP contribution is -2.15. The maximum Gasteiger partial charge on any atom is 0.135 e. The first-order valence-electron chi connectivity index (χ1n) is 14.7. The maximum absolute atomic E-state index is 6.39. The normalized spacial score (nSPS) is 13.9. The molecule has 42 heavy (non-hydrogen) atoms. The molecule has 198 valence electrons. The van der Waals surface area contributed by atoms with Gasteiger partial charge < -0.3 is 4.74 Å². The predicted molar refractivity (Wildman–Crippen MR) is 175 cm³/mol. The molecule has 0 aromatic heterocycles. The Morgan fingerprint density at radius 2 is 1.21 bits per heavy atom. The lowest BCUT2D eigenvalue weighted by atomic mass is 9.78. The van der Waals surface area contributed by atoms with Crippen LogP contribution < -0.4 is 4.74 Å². The van der Waals surface area contributed by atoms with E-state index in [1.54, 1.807) is 0 Å². The van der Waals surface area contributed by atoms with Gasteiger partial charge in [-0.3, -0.25) is 0 Å². The lowest BCUT2D eigenvalue weighted by Gasteiger charge is -2.25. The zero-order chi connectivity index (χ0) is 28.0. The second-order valence-corrected chi connectivity index (χ2v) is 12.1. The third-order valence-corrected chi connectivity index (χ3v) is 9.41. The van der Waals surface area contributed by atoms with Gasteiger partial charge in [0.2, 0.25) is 0 Å². The van der Waals surface area contributed by atoms with E-state index in [2.05, 4.69) is 147 Å². The van der Waals surface area contributed by atoms with Crippen LogP contribution in [0.15, 0.2) is 133 Å². The molecule has 0 unspecified atom stereocenters. The lowest BCUT2D eigenvalue weighted by molar-refractivity contribution is 0.487. The third kappa shape index (κ3) is 3.19. The minimum absolute atomic E-state index is 0.114. The number of hydrogen-bond acceptors (Lipinski definition) is 1. The molecule has 1 nitrogen and oxygen atoms in total. The van der Waals surface area contributed by atoms with Crippen molar-refractivity contribution in [2.45, 2.75) is 19.3 Å². The Labute approximate surface area is 245 Å². The summed E-state index contributed by atoms with van der Waals surface area (Å²) in [6.45, 7) is 4.76. The van der Waals surface area contributed by atoms with Crippen molar-refractivity contribution in [2.24, 2.45) is 0 Å². The van der Waals surface area contributed by atoms with Crippen molar-refractivity contribution in [1.82, 2.24) is 0 Å². The summed E-state index contributed by atoms with van der Waals surface area (Å²) in [5.41, 5.74) is 12.8. The smallest absolute Gasteiger partial charge is 0.135 e. The van der Waals surface area contributed by atoms with Crippen LogP contribution in [0.4, 0.5) is 0 Å². The van der Waals surface area contributed by atoms with Gasteiger partial charge in [0.05, 0.1) is 0 Å². The number of benzene rings is 7. The van der Waals surface area contributed by atoms with Crippen molar-refractivity contribution in [3.8, 4) is 56.0 Å². The van der Waals surface area contributed by atoms with E-state index >= 15 is 0 Å². The van der Waals surface area contributed by atoms with Crippen molar-refractivity contribution >= 4 is 21.5 Å². The summed E-state index contributed by atoms with van der Waals surface area (Å²) in [6.07, 6.45) is 0. The maximum atomic E-state index is 6.39. The van der Waals surface area contributed by atoms with E-state index in [-0.39, 0.29) is 5.41 Å². The number of hydrogen-bond donors (Lipinski definition) is 0. The van der Waals surface area contributed by atoms with Crippen LogP contribution in [-0.2, 0) is 5.41 Å². The van der Waals surface area contributed by atoms with Crippen LogP contribution >= 0.6 is 0 Å². The molecule has 0 saturated heterocycles. The van der Waals surface area contributed by atoms with Crippen LogP contribution in [0, 0.1) is 0 Å². The van der Waals surface area contributed by atoms with Gasteiger partial charge in [-0.15, -0.1) is 0 Å². The Kier molecular flexibility index (Phi) is 4.73. The molecule has 0 saturated carbocycles. The summed E-state index contributed by atoms with van der Waals surface area (Å²) in [5, 5.41) is 4.99. The van der Waals surface area contributed by atoms with Crippen molar-refractivity contribution in [2.75, 3.05) is 0 Å². The van der Waals surface area contributed by atoms with E-state index in [0.29, 0.717) is 0 Å². The van der Waals surface area contributed by atoms with Crippen molar-refractivity contribution < 1.29 is 4.74 Å². The predicted octanol–water partition coefficient (Wildman–Crippen LogP) is 11.4. The quantitative estimate of drug-likeness (QED) is 0.213. The van der Waals surface area contributed by atoms with E-state index in [9.17, 15) is 0 Å². The second kappa shape index (κ2) is 8.44. The average molecular weight is 537 g/mol. The topological polar surface area (TPSA) is 9.23 Å². The molecule has 0 amide bonds. The molecule has 1 aliphatic carbocycles. The summed E-state index contributed by atoms with van der Waals surface area (Å²) < 4.78 is 6.39. The van der Waals surface area contributed by atoms with Gasteiger partial charge in [-0.25, -0.2) is 0 Å². The van der Waals surface area contributed by atoms with Gasteiger partial charge >= 0.3 is 0 Å². The Morgan fingerprint density at radius 1 is 0.476 bits per heavy atom. The van der Waals surface area contributed by atoms with E-state index in [1.807, 2.05) is 0 Å². The third-order valence-electron chi connectivity index (χ3n) is 9.41. The Bertz CT molecular complexity index is 2230. The SMILES string of the molecule is CC1(C)c2ccccc2-c2c(-c3ccccc3)cc3ccc(-c4ccc5c(c4)-c4cccc6cccc(c46)O5)cc3c21. The van der Waals surface area contributed by atoms with Crippen LogP contribution in [0.3, 0.4) is 0 Å². The van der Waals surface area contributed by atoms with E-state index in [1.165, 1.54) is 71.6 Å². The average Bonchev–Trinajstić information content (AvgIpc) is 3.28. The summed E-state index contributed by atoms with van der Waals surface area (Å²) >= 11 is 0. The summed E-state index contributed by atoms with van der Waals surface area (Å²) in [6, 6.07) is 48.6. The molecule has 0 atom stereocenters. The Morgan fingerprint density at radius 3 is 2.10 bits per heavy atom. The number of fused-ring (bicyclic) bond motifs is 7. The minimum atomic E-state index is -0.114. The zero-order valence-electron chi connectivity index (χ0n) is 23.6.